The average Bonchev–Trinajstić information content (AvgIpc) is 2.96. The number of carbonyl (C=O) groups excluding carboxylic acids is 1. The van der Waals surface area contributed by atoms with Crippen LogP contribution < -0.4 is 5.73 Å². The van der Waals surface area contributed by atoms with E-state index in [-0.39, 0.29) is 38.6 Å². The molecule has 1 fully saturated rings. The fraction of sp³-hybridized carbons (Fsp3) is 0.452. The summed E-state index contributed by atoms with van der Waals surface area (Å²) in [7, 11) is 0. The molecular weight excluding hydrogens is 551 g/mol. The van der Waals surface area contributed by atoms with Crippen molar-refractivity contribution in [2.24, 2.45) is 16.8 Å². The van der Waals surface area contributed by atoms with Gasteiger partial charge in [-0.05, 0) is 17.9 Å². The number of primary amides is 1. The molecule has 2 rings (SSSR count). The average molecular weight is 598 g/mol. The zero-order chi connectivity index (χ0) is 32.4. The number of halogens is 3. The molecular formula is C31H46F3N3O5. The number of allylic oxidation sites excluding steroid dienone is 4. The van der Waals surface area contributed by atoms with Gasteiger partial charge in [0, 0.05) is 0 Å². The highest BCUT2D eigenvalue weighted by Crippen LogP contribution is 2.26. The number of carboxylic acids is 1. The first-order valence-electron chi connectivity index (χ1n) is 13.6. The van der Waals surface area contributed by atoms with Gasteiger partial charge in [-0.3, -0.25) is 9.80 Å². The van der Waals surface area contributed by atoms with Crippen LogP contribution in [0.3, 0.4) is 0 Å². The Morgan fingerprint density at radius 3 is 2.14 bits per heavy atom. The van der Waals surface area contributed by atoms with Crippen LogP contribution >= 0.6 is 0 Å². The summed E-state index contributed by atoms with van der Waals surface area (Å²) in [5.74, 6) is -0.952. The van der Waals surface area contributed by atoms with Crippen LogP contribution in [0.15, 0.2) is 85.0 Å². The van der Waals surface area contributed by atoms with Gasteiger partial charge in [0.2, 0.25) is 5.91 Å². The first-order chi connectivity index (χ1) is 19.9. The minimum absolute atomic E-state index is 0.0852. The Kier molecular flexibility index (Phi) is 24.1. The van der Waals surface area contributed by atoms with Crippen LogP contribution in [-0.4, -0.2) is 58.9 Å². The molecule has 1 amide bonds. The van der Waals surface area contributed by atoms with E-state index < -0.39 is 23.6 Å². The molecule has 0 heterocycles. The van der Waals surface area contributed by atoms with Crippen molar-refractivity contribution in [3.63, 3.8) is 0 Å². The molecule has 4 N–H and O–H groups in total. The van der Waals surface area contributed by atoms with E-state index in [2.05, 4.69) is 31.8 Å². The number of aliphatic hydroxyl groups excluding tert-OH is 1. The van der Waals surface area contributed by atoms with E-state index in [1.165, 1.54) is 38.2 Å². The Morgan fingerprint density at radius 2 is 1.76 bits per heavy atom. The van der Waals surface area contributed by atoms with Gasteiger partial charge < -0.3 is 20.7 Å². The van der Waals surface area contributed by atoms with Gasteiger partial charge in [0.05, 0.1) is 18.8 Å². The molecule has 0 unspecified atom stereocenters. The number of carboxylic acid groups (broad SMARTS) is 1. The maximum Gasteiger partial charge on any atom is 0.416 e. The van der Waals surface area contributed by atoms with E-state index in [1.54, 1.807) is 6.92 Å². The van der Waals surface area contributed by atoms with Crippen molar-refractivity contribution >= 4 is 17.6 Å². The third-order valence-electron chi connectivity index (χ3n) is 5.51. The van der Waals surface area contributed by atoms with E-state index >= 15 is 0 Å². The Hall–Kier alpha value is -3.70. The predicted molar refractivity (Wildman–Crippen MR) is 161 cm³/mol. The number of amides is 1. The Bertz CT molecular complexity index is 974. The SMILES string of the molecule is C=C.C=C/C(=C\C=C\COCN(CC(N)=O)/N=C(\CC)C(=O)O)C(F)(F)F.CC1CCCCC1.OCc1ccccc1. The van der Waals surface area contributed by atoms with Gasteiger partial charge in [0.1, 0.15) is 19.0 Å². The van der Waals surface area contributed by atoms with Crippen LogP contribution in [0.4, 0.5) is 13.2 Å². The van der Waals surface area contributed by atoms with Crippen LogP contribution in [0.2, 0.25) is 0 Å². The number of nitrogens with two attached hydrogens (primary N) is 1. The summed E-state index contributed by atoms with van der Waals surface area (Å²) in [6.07, 6.45) is 7.03. The lowest BCUT2D eigenvalue weighted by molar-refractivity contribution is -0.130. The number of carbonyl (C=O) groups is 2. The Balaban J connectivity index is 0. The van der Waals surface area contributed by atoms with Gasteiger partial charge in [-0.2, -0.15) is 18.3 Å². The Labute approximate surface area is 247 Å². The number of nitrogens with zero attached hydrogens (tertiary/aromatic N) is 2. The van der Waals surface area contributed by atoms with E-state index in [0.717, 1.165) is 28.6 Å². The van der Waals surface area contributed by atoms with Gasteiger partial charge in [-0.1, -0.05) is 107 Å². The highest BCUT2D eigenvalue weighted by Gasteiger charge is 2.30. The van der Waals surface area contributed by atoms with Crippen LogP contribution in [0.25, 0.3) is 0 Å². The molecule has 1 aromatic carbocycles. The second kappa shape index (κ2) is 25.0. The van der Waals surface area contributed by atoms with Crippen molar-refractivity contribution in [3.8, 4) is 0 Å². The maximum absolute atomic E-state index is 12.4. The number of hydrazone groups is 1. The summed E-state index contributed by atoms with van der Waals surface area (Å²) >= 11 is 0. The molecule has 0 aliphatic heterocycles. The van der Waals surface area contributed by atoms with Crippen LogP contribution in [-0.2, 0) is 20.9 Å². The summed E-state index contributed by atoms with van der Waals surface area (Å²) in [5, 5.41) is 22.2. The number of aliphatic carboxylic acids is 1. The molecule has 0 aromatic heterocycles. The summed E-state index contributed by atoms with van der Waals surface area (Å²) in [6.45, 7) is 12.4. The third kappa shape index (κ3) is 22.0. The number of benzene rings is 1. The molecule has 0 bridgehead atoms. The number of hydrogen-bond donors (Lipinski definition) is 3. The molecule has 1 aromatic rings. The molecule has 236 valence electrons. The number of alkyl halides is 3. The van der Waals surface area contributed by atoms with Crippen molar-refractivity contribution in [1.82, 2.24) is 5.01 Å². The normalized spacial score (nSPS) is 13.9. The van der Waals surface area contributed by atoms with Gasteiger partial charge in [0.25, 0.3) is 0 Å². The maximum atomic E-state index is 12.4. The topological polar surface area (TPSA) is 125 Å². The minimum atomic E-state index is -4.49. The predicted octanol–water partition coefficient (Wildman–Crippen LogP) is 6.40. The zero-order valence-electron chi connectivity index (χ0n) is 24.7. The van der Waals surface area contributed by atoms with Gasteiger partial charge in [0.15, 0.2) is 0 Å². The van der Waals surface area contributed by atoms with E-state index in [1.807, 2.05) is 30.3 Å². The van der Waals surface area contributed by atoms with E-state index in [4.69, 9.17) is 20.7 Å². The van der Waals surface area contributed by atoms with Crippen molar-refractivity contribution in [2.45, 2.75) is 65.2 Å². The molecule has 0 radical (unpaired) electrons. The highest BCUT2D eigenvalue weighted by atomic mass is 19.4. The minimum Gasteiger partial charge on any atom is -0.477 e. The standard InChI is InChI=1S/C15H20F3N3O4.C7H8O.C7H14.C2H4/c1-3-11(15(16,17)18)7-5-6-8-25-10-21(9-13(19)22)20-12(4-2)14(23)24;8-6-7-4-2-1-3-5-7;1-7-5-3-2-4-6-7;1-2/h3,5-7H,1,4,8-10H2,2H3,(H2,19,22)(H,23,24);1-5,8H,6H2;7H,2-6H2,1H3;1-2H2/b6-5+,11-7+,20-12+;;;. The summed E-state index contributed by atoms with van der Waals surface area (Å²) in [6, 6.07) is 9.52. The number of hydrogen-bond acceptors (Lipinski definition) is 6. The van der Waals surface area contributed by atoms with Crippen molar-refractivity contribution in [1.29, 1.82) is 0 Å². The lowest BCUT2D eigenvalue weighted by atomic mass is 9.91. The number of rotatable bonds is 12. The molecule has 0 saturated heterocycles. The van der Waals surface area contributed by atoms with Crippen molar-refractivity contribution in [3.05, 3.63) is 85.5 Å². The van der Waals surface area contributed by atoms with Gasteiger partial charge in [-0.15, -0.1) is 13.2 Å². The molecule has 11 heteroatoms. The lowest BCUT2D eigenvalue weighted by Crippen LogP contribution is -2.33. The van der Waals surface area contributed by atoms with Crippen LogP contribution in [0.1, 0.15) is 57.9 Å². The molecule has 0 spiro atoms. The lowest BCUT2D eigenvalue weighted by Gasteiger charge is -2.17. The smallest absolute Gasteiger partial charge is 0.416 e. The molecule has 42 heavy (non-hydrogen) atoms. The van der Waals surface area contributed by atoms with E-state index in [0.29, 0.717) is 6.08 Å². The monoisotopic (exact) mass is 597 g/mol. The molecule has 8 nitrogen and oxygen atoms in total. The van der Waals surface area contributed by atoms with Gasteiger partial charge in [-0.25, -0.2) is 4.79 Å². The van der Waals surface area contributed by atoms with Crippen LogP contribution in [0.5, 0.6) is 0 Å². The third-order valence-corrected chi connectivity index (χ3v) is 5.51. The molecule has 1 aliphatic rings. The fourth-order valence-electron chi connectivity index (χ4n) is 3.35. The van der Waals surface area contributed by atoms with E-state index in [9.17, 15) is 22.8 Å². The van der Waals surface area contributed by atoms with Crippen molar-refractivity contribution in [2.75, 3.05) is 19.9 Å². The Morgan fingerprint density at radius 1 is 1.17 bits per heavy atom. The molecule has 1 aliphatic carbocycles. The fourth-order valence-corrected chi connectivity index (χ4v) is 3.35. The van der Waals surface area contributed by atoms with Gasteiger partial charge >= 0.3 is 12.1 Å². The summed E-state index contributed by atoms with van der Waals surface area (Å²) in [5.41, 5.74) is 4.91. The summed E-state index contributed by atoms with van der Waals surface area (Å²) in [4.78, 5) is 21.9. The quantitative estimate of drug-likeness (QED) is 0.0640. The number of aliphatic hydroxyl groups is 1. The van der Waals surface area contributed by atoms with Crippen molar-refractivity contribution < 1.29 is 37.7 Å². The van der Waals surface area contributed by atoms with Crippen LogP contribution in [0, 0.1) is 5.92 Å². The zero-order valence-corrected chi connectivity index (χ0v) is 24.7. The first-order valence-corrected chi connectivity index (χ1v) is 13.6. The second-order valence-electron chi connectivity index (χ2n) is 8.98. The molecule has 0 atom stereocenters. The number of ether oxygens (including phenoxy) is 1. The second-order valence-corrected chi connectivity index (χ2v) is 8.98. The highest BCUT2D eigenvalue weighted by molar-refractivity contribution is 6.35. The summed E-state index contributed by atoms with van der Waals surface area (Å²) < 4.78 is 42.4. The largest absolute Gasteiger partial charge is 0.477 e. The first kappa shape index (κ1) is 40.4. The molecule has 1 saturated carbocycles.